The molecule has 0 saturated heterocycles. The van der Waals surface area contributed by atoms with Crippen molar-refractivity contribution in [1.82, 2.24) is 5.32 Å². The summed E-state index contributed by atoms with van der Waals surface area (Å²) in [6.45, 7) is -3.26. The molecule has 2 aromatic rings. The number of alkyl halides is 2. The Hall–Kier alpha value is -2.96. The van der Waals surface area contributed by atoms with E-state index in [-0.39, 0.29) is 30.3 Å². The van der Waals surface area contributed by atoms with Gasteiger partial charge in [-0.25, -0.2) is 0 Å². The average Bonchev–Trinajstić information content (AvgIpc) is 2.55. The van der Waals surface area contributed by atoms with Crippen LogP contribution in [0.2, 0.25) is 0 Å². The largest absolute Gasteiger partial charge is 0.433 e. The van der Waals surface area contributed by atoms with Crippen LogP contribution in [0.3, 0.4) is 0 Å². The van der Waals surface area contributed by atoms with Gasteiger partial charge in [-0.2, -0.15) is 8.78 Å². The number of halogens is 2. The van der Waals surface area contributed by atoms with Crippen LogP contribution in [0.5, 0.6) is 5.75 Å². The maximum atomic E-state index is 12.3. The molecule has 0 saturated carbocycles. The zero-order chi connectivity index (χ0) is 17.4. The summed E-state index contributed by atoms with van der Waals surface area (Å²) in [5, 5.41) is 4.89. The van der Waals surface area contributed by atoms with E-state index in [1.54, 1.807) is 18.2 Å². The minimum Gasteiger partial charge on any atom is -0.433 e. The summed E-state index contributed by atoms with van der Waals surface area (Å²) in [4.78, 5) is 23.6. The molecule has 0 aromatic heterocycles. The first-order chi connectivity index (χ1) is 11.5. The fourth-order valence-corrected chi connectivity index (χ4v) is 1.99. The molecule has 0 aliphatic rings. The van der Waals surface area contributed by atoms with E-state index < -0.39 is 12.5 Å². The first-order valence-electron chi connectivity index (χ1n) is 7.19. The quantitative estimate of drug-likeness (QED) is 0.818. The third-order valence-electron chi connectivity index (χ3n) is 3.03. The van der Waals surface area contributed by atoms with E-state index in [1.807, 2.05) is 18.2 Å². The molecule has 0 bridgehead atoms. The van der Waals surface area contributed by atoms with Crippen LogP contribution in [0.15, 0.2) is 54.6 Å². The van der Waals surface area contributed by atoms with Gasteiger partial charge < -0.3 is 15.4 Å². The van der Waals surface area contributed by atoms with Gasteiger partial charge in [-0.05, 0) is 17.7 Å². The molecule has 126 valence electrons. The summed E-state index contributed by atoms with van der Waals surface area (Å²) in [6, 6.07) is 14.9. The molecule has 2 rings (SSSR count). The van der Waals surface area contributed by atoms with Crippen LogP contribution in [-0.2, 0) is 16.0 Å². The van der Waals surface area contributed by atoms with Crippen molar-refractivity contribution in [2.24, 2.45) is 0 Å². The van der Waals surface area contributed by atoms with Crippen LogP contribution in [0.4, 0.5) is 14.5 Å². The molecular formula is C17H16F2N2O3. The third kappa shape index (κ3) is 5.68. The Morgan fingerprint density at radius 1 is 0.958 bits per heavy atom. The highest BCUT2D eigenvalue weighted by Crippen LogP contribution is 2.25. The molecule has 2 aromatic carbocycles. The summed E-state index contributed by atoms with van der Waals surface area (Å²) in [7, 11) is 0. The molecule has 0 aliphatic carbocycles. The summed E-state index contributed by atoms with van der Waals surface area (Å²) in [5.74, 6) is -0.994. The van der Waals surface area contributed by atoms with E-state index in [1.165, 1.54) is 18.2 Å². The van der Waals surface area contributed by atoms with E-state index in [0.717, 1.165) is 5.56 Å². The molecule has 24 heavy (non-hydrogen) atoms. The molecular weight excluding hydrogens is 318 g/mol. The first-order valence-corrected chi connectivity index (χ1v) is 7.19. The third-order valence-corrected chi connectivity index (χ3v) is 3.03. The zero-order valence-corrected chi connectivity index (χ0v) is 12.7. The Bertz CT molecular complexity index is 693. The Morgan fingerprint density at radius 3 is 2.33 bits per heavy atom. The Labute approximate surface area is 137 Å². The number of hydrogen-bond acceptors (Lipinski definition) is 3. The SMILES string of the molecule is O=C(Cc1ccccc1)NCC(=O)Nc1ccccc1OC(F)F. The maximum Gasteiger partial charge on any atom is 0.387 e. The fraction of sp³-hybridized carbons (Fsp3) is 0.176. The molecule has 0 aliphatic heterocycles. The summed E-state index contributed by atoms with van der Waals surface area (Å²) in [5.41, 5.74) is 0.936. The second kappa shape index (κ2) is 8.61. The van der Waals surface area contributed by atoms with Crippen molar-refractivity contribution >= 4 is 17.5 Å². The number of amides is 2. The number of anilines is 1. The smallest absolute Gasteiger partial charge is 0.387 e. The summed E-state index contributed by atoms with van der Waals surface area (Å²) >= 11 is 0. The van der Waals surface area contributed by atoms with Gasteiger partial charge in [0.1, 0.15) is 5.75 Å². The van der Waals surface area contributed by atoms with Gasteiger partial charge in [-0.1, -0.05) is 42.5 Å². The minimum absolute atomic E-state index is 0.111. The van der Waals surface area contributed by atoms with Crippen molar-refractivity contribution in [3.63, 3.8) is 0 Å². The number of carbonyl (C=O) groups excluding carboxylic acids is 2. The van der Waals surface area contributed by atoms with Crippen LogP contribution in [-0.4, -0.2) is 25.0 Å². The van der Waals surface area contributed by atoms with Crippen molar-refractivity contribution in [2.45, 2.75) is 13.0 Å². The summed E-state index contributed by atoms with van der Waals surface area (Å²) in [6.07, 6.45) is 0.152. The van der Waals surface area contributed by atoms with Gasteiger partial charge in [0.05, 0.1) is 18.7 Å². The highest BCUT2D eigenvalue weighted by Gasteiger charge is 2.12. The molecule has 0 fully saturated rings. The Kier molecular flexibility index (Phi) is 6.24. The highest BCUT2D eigenvalue weighted by atomic mass is 19.3. The van der Waals surface area contributed by atoms with Gasteiger partial charge in [0.15, 0.2) is 0 Å². The van der Waals surface area contributed by atoms with E-state index in [2.05, 4.69) is 15.4 Å². The van der Waals surface area contributed by atoms with Crippen LogP contribution in [0.1, 0.15) is 5.56 Å². The Morgan fingerprint density at radius 2 is 1.62 bits per heavy atom. The fourth-order valence-electron chi connectivity index (χ4n) is 1.99. The Balaban J connectivity index is 1.84. The number of benzene rings is 2. The van der Waals surface area contributed by atoms with E-state index in [9.17, 15) is 18.4 Å². The lowest BCUT2D eigenvalue weighted by atomic mass is 10.1. The normalized spacial score (nSPS) is 10.3. The van der Waals surface area contributed by atoms with Gasteiger partial charge in [0, 0.05) is 0 Å². The maximum absolute atomic E-state index is 12.3. The van der Waals surface area contributed by atoms with E-state index in [0.29, 0.717) is 0 Å². The molecule has 2 N–H and O–H groups in total. The molecule has 0 radical (unpaired) electrons. The predicted molar refractivity (Wildman–Crippen MR) is 84.9 cm³/mol. The predicted octanol–water partition coefficient (Wildman–Crippen LogP) is 2.59. The molecule has 0 unspecified atom stereocenters. The number of rotatable bonds is 7. The zero-order valence-electron chi connectivity index (χ0n) is 12.7. The highest BCUT2D eigenvalue weighted by molar-refractivity contribution is 5.95. The molecule has 0 spiro atoms. The lowest BCUT2D eigenvalue weighted by Crippen LogP contribution is -2.33. The standard InChI is InChI=1S/C17H16F2N2O3/c18-17(19)24-14-9-5-4-8-13(14)21-16(23)11-20-15(22)10-12-6-2-1-3-7-12/h1-9,17H,10-11H2,(H,20,22)(H,21,23). The summed E-state index contributed by atoms with van der Waals surface area (Å²) < 4.78 is 28.9. The van der Waals surface area contributed by atoms with Gasteiger partial charge >= 0.3 is 6.61 Å². The molecule has 7 heteroatoms. The molecule has 5 nitrogen and oxygen atoms in total. The van der Waals surface area contributed by atoms with Crippen LogP contribution >= 0.6 is 0 Å². The van der Waals surface area contributed by atoms with Crippen molar-refractivity contribution in [3.8, 4) is 5.75 Å². The lowest BCUT2D eigenvalue weighted by Gasteiger charge is -2.12. The number of carbonyl (C=O) groups is 2. The first kappa shape index (κ1) is 17.4. The molecule has 0 heterocycles. The van der Waals surface area contributed by atoms with E-state index in [4.69, 9.17) is 0 Å². The second-order valence-electron chi connectivity index (χ2n) is 4.86. The van der Waals surface area contributed by atoms with Crippen molar-refractivity contribution in [1.29, 1.82) is 0 Å². The van der Waals surface area contributed by atoms with Gasteiger partial charge in [0.25, 0.3) is 0 Å². The lowest BCUT2D eigenvalue weighted by molar-refractivity contribution is -0.123. The van der Waals surface area contributed by atoms with Crippen LogP contribution in [0, 0.1) is 0 Å². The number of ether oxygens (including phenoxy) is 1. The van der Waals surface area contributed by atoms with Crippen LogP contribution < -0.4 is 15.4 Å². The number of hydrogen-bond donors (Lipinski definition) is 2. The monoisotopic (exact) mass is 334 g/mol. The van der Waals surface area contributed by atoms with Gasteiger partial charge in [-0.3, -0.25) is 9.59 Å². The second-order valence-corrected chi connectivity index (χ2v) is 4.86. The minimum atomic E-state index is -2.99. The van der Waals surface area contributed by atoms with Gasteiger partial charge in [-0.15, -0.1) is 0 Å². The van der Waals surface area contributed by atoms with Crippen LogP contribution in [0.25, 0.3) is 0 Å². The van der Waals surface area contributed by atoms with Crippen molar-refractivity contribution in [3.05, 3.63) is 60.2 Å². The average molecular weight is 334 g/mol. The van der Waals surface area contributed by atoms with E-state index >= 15 is 0 Å². The van der Waals surface area contributed by atoms with Crippen molar-refractivity contribution in [2.75, 3.05) is 11.9 Å². The topological polar surface area (TPSA) is 67.4 Å². The number of nitrogens with one attached hydrogen (secondary N) is 2. The van der Waals surface area contributed by atoms with Crippen molar-refractivity contribution < 1.29 is 23.1 Å². The van der Waals surface area contributed by atoms with Gasteiger partial charge in [0.2, 0.25) is 11.8 Å². The molecule has 0 atom stereocenters. The number of para-hydroxylation sites is 2. The molecule has 2 amide bonds.